The molecule has 0 spiro atoms. The van der Waals surface area contributed by atoms with Crippen LogP contribution >= 0.6 is 0 Å². The Labute approximate surface area is 143 Å². The molecule has 0 fully saturated rings. The monoisotopic (exact) mass is 342 g/mol. The van der Waals surface area contributed by atoms with Crippen LogP contribution in [0.15, 0.2) is 23.3 Å². The molecule has 25 heavy (non-hydrogen) atoms. The van der Waals surface area contributed by atoms with Crippen molar-refractivity contribution in [2.24, 2.45) is 7.05 Å². The van der Waals surface area contributed by atoms with Crippen molar-refractivity contribution < 1.29 is 14.6 Å². The van der Waals surface area contributed by atoms with Crippen LogP contribution in [0.4, 0.5) is 0 Å². The van der Waals surface area contributed by atoms with Gasteiger partial charge in [-0.2, -0.15) is 5.10 Å². The van der Waals surface area contributed by atoms with Gasteiger partial charge in [0.25, 0.3) is 5.56 Å². The number of aliphatic carboxylic acids is 1. The van der Waals surface area contributed by atoms with Crippen molar-refractivity contribution in [3.63, 3.8) is 0 Å². The Morgan fingerprint density at radius 2 is 1.92 bits per heavy atom. The van der Waals surface area contributed by atoms with Gasteiger partial charge in [0.15, 0.2) is 5.65 Å². The van der Waals surface area contributed by atoms with Crippen LogP contribution in [-0.2, 0) is 18.4 Å². The molecule has 0 amide bonds. The second-order valence-electron chi connectivity index (χ2n) is 5.88. The molecule has 8 heteroatoms. The molecule has 0 saturated carbocycles. The first kappa shape index (κ1) is 16.7. The van der Waals surface area contributed by atoms with E-state index in [-0.39, 0.29) is 0 Å². The van der Waals surface area contributed by atoms with Gasteiger partial charge >= 0.3 is 5.97 Å². The second kappa shape index (κ2) is 6.04. The highest BCUT2D eigenvalue weighted by atomic mass is 16.5. The maximum atomic E-state index is 12.8. The summed E-state index contributed by atoms with van der Waals surface area (Å²) in [4.78, 5) is 28.0. The van der Waals surface area contributed by atoms with Crippen molar-refractivity contribution in [3.05, 3.63) is 39.9 Å². The summed E-state index contributed by atoms with van der Waals surface area (Å²) in [5.41, 5.74) is 3.11. The largest absolute Gasteiger partial charge is 0.497 e. The molecular formula is C17H18N4O4. The average molecular weight is 342 g/mol. The van der Waals surface area contributed by atoms with E-state index in [0.29, 0.717) is 16.7 Å². The highest BCUT2D eigenvalue weighted by molar-refractivity contribution is 5.92. The summed E-state index contributed by atoms with van der Waals surface area (Å²) in [6, 6.07) is 3.74. The SMILES string of the molecule is COc1cc(C)c(-c2nn(C)c3ncn(CC(=O)O)c(=O)c23)c(C)c1. The van der Waals surface area contributed by atoms with E-state index >= 15 is 0 Å². The van der Waals surface area contributed by atoms with Crippen LogP contribution in [-0.4, -0.2) is 37.5 Å². The van der Waals surface area contributed by atoms with E-state index in [1.807, 2.05) is 26.0 Å². The molecule has 3 aromatic rings. The Bertz CT molecular complexity index is 1030. The Morgan fingerprint density at radius 1 is 1.28 bits per heavy atom. The normalized spacial score (nSPS) is 11.0. The lowest BCUT2D eigenvalue weighted by atomic mass is 9.98. The molecule has 8 nitrogen and oxygen atoms in total. The van der Waals surface area contributed by atoms with E-state index in [1.165, 1.54) is 11.0 Å². The number of ether oxygens (including phenoxy) is 1. The molecule has 0 saturated heterocycles. The molecule has 0 atom stereocenters. The Hall–Kier alpha value is -3.16. The van der Waals surface area contributed by atoms with Crippen molar-refractivity contribution in [3.8, 4) is 17.0 Å². The van der Waals surface area contributed by atoms with Crippen molar-refractivity contribution in [2.45, 2.75) is 20.4 Å². The highest BCUT2D eigenvalue weighted by Crippen LogP contribution is 2.32. The third-order valence-electron chi connectivity index (χ3n) is 4.10. The van der Waals surface area contributed by atoms with Crippen LogP contribution in [0, 0.1) is 13.8 Å². The molecular weight excluding hydrogens is 324 g/mol. The van der Waals surface area contributed by atoms with Gasteiger partial charge in [-0.05, 0) is 37.1 Å². The summed E-state index contributed by atoms with van der Waals surface area (Å²) >= 11 is 0. The molecule has 2 heterocycles. The number of fused-ring (bicyclic) bond motifs is 1. The molecule has 0 radical (unpaired) electrons. The van der Waals surface area contributed by atoms with Crippen molar-refractivity contribution >= 4 is 17.0 Å². The van der Waals surface area contributed by atoms with Crippen molar-refractivity contribution in [1.82, 2.24) is 19.3 Å². The Kier molecular flexibility index (Phi) is 4.03. The highest BCUT2D eigenvalue weighted by Gasteiger charge is 2.20. The number of carbonyl (C=O) groups is 1. The van der Waals surface area contributed by atoms with Gasteiger partial charge in [-0.1, -0.05) is 0 Å². The molecule has 2 aromatic heterocycles. The zero-order chi connectivity index (χ0) is 18.3. The van der Waals surface area contributed by atoms with Crippen LogP contribution in [0.5, 0.6) is 5.75 Å². The minimum absolute atomic E-state index is 0.308. The first-order chi connectivity index (χ1) is 11.8. The first-order valence-electron chi connectivity index (χ1n) is 7.63. The van der Waals surface area contributed by atoms with E-state index in [2.05, 4.69) is 10.1 Å². The second-order valence-corrected chi connectivity index (χ2v) is 5.88. The van der Waals surface area contributed by atoms with Gasteiger partial charge in [-0.25, -0.2) is 9.67 Å². The summed E-state index contributed by atoms with van der Waals surface area (Å²) in [7, 11) is 3.30. The van der Waals surface area contributed by atoms with Gasteiger partial charge in [0.2, 0.25) is 0 Å². The van der Waals surface area contributed by atoms with Gasteiger partial charge in [-0.15, -0.1) is 0 Å². The Balaban J connectivity index is 2.34. The number of methoxy groups -OCH3 is 1. The van der Waals surface area contributed by atoms with Gasteiger partial charge in [0.1, 0.15) is 29.7 Å². The minimum atomic E-state index is -1.11. The molecule has 0 bridgehead atoms. The van der Waals surface area contributed by atoms with Gasteiger partial charge in [-0.3, -0.25) is 14.2 Å². The zero-order valence-corrected chi connectivity index (χ0v) is 14.4. The molecule has 3 rings (SSSR count). The van der Waals surface area contributed by atoms with Crippen LogP contribution in [0.25, 0.3) is 22.3 Å². The third-order valence-corrected chi connectivity index (χ3v) is 4.10. The fourth-order valence-electron chi connectivity index (χ4n) is 3.03. The number of aromatic nitrogens is 4. The summed E-state index contributed by atoms with van der Waals surface area (Å²) in [5, 5.41) is 13.8. The number of rotatable bonds is 4. The van der Waals surface area contributed by atoms with Gasteiger partial charge in [0, 0.05) is 12.6 Å². The number of hydrogen-bond donors (Lipinski definition) is 1. The molecule has 1 aromatic carbocycles. The fourth-order valence-corrected chi connectivity index (χ4v) is 3.03. The van der Waals surface area contributed by atoms with Crippen LogP contribution in [0.1, 0.15) is 11.1 Å². The lowest BCUT2D eigenvalue weighted by Crippen LogP contribution is -2.24. The fraction of sp³-hybridized carbons (Fsp3) is 0.294. The molecule has 0 aliphatic heterocycles. The summed E-state index contributed by atoms with van der Waals surface area (Å²) in [6.45, 7) is 3.38. The van der Waals surface area contributed by atoms with E-state index in [4.69, 9.17) is 9.84 Å². The lowest BCUT2D eigenvalue weighted by Gasteiger charge is -2.10. The summed E-state index contributed by atoms with van der Waals surface area (Å²) in [5.74, 6) is -0.383. The maximum Gasteiger partial charge on any atom is 0.323 e. The molecule has 0 unspecified atom stereocenters. The average Bonchev–Trinajstić information content (AvgIpc) is 2.86. The summed E-state index contributed by atoms with van der Waals surface area (Å²) in [6.07, 6.45) is 1.23. The standard InChI is InChI=1S/C17H18N4O4/c1-9-5-11(25-4)6-10(2)13(9)15-14-16(20(3)19-15)18-8-21(17(14)24)7-12(22)23/h5-6,8H,7H2,1-4H3,(H,22,23). The zero-order valence-electron chi connectivity index (χ0n) is 14.4. The van der Waals surface area contributed by atoms with Crippen molar-refractivity contribution in [1.29, 1.82) is 0 Å². The number of nitrogens with zero attached hydrogens (tertiary/aromatic N) is 4. The number of carboxylic acid groups (broad SMARTS) is 1. The number of carboxylic acids is 1. The van der Waals surface area contributed by atoms with Gasteiger partial charge < -0.3 is 9.84 Å². The lowest BCUT2D eigenvalue weighted by molar-refractivity contribution is -0.137. The molecule has 0 aliphatic carbocycles. The molecule has 0 aliphatic rings. The third kappa shape index (κ3) is 2.75. The van der Waals surface area contributed by atoms with E-state index < -0.39 is 18.1 Å². The summed E-state index contributed by atoms with van der Waals surface area (Å²) < 4.78 is 7.88. The van der Waals surface area contributed by atoms with Crippen LogP contribution in [0.3, 0.4) is 0 Å². The van der Waals surface area contributed by atoms with Gasteiger partial charge in [0.05, 0.1) is 7.11 Å². The van der Waals surface area contributed by atoms with Crippen molar-refractivity contribution in [2.75, 3.05) is 7.11 Å². The van der Waals surface area contributed by atoms with Crippen LogP contribution in [0.2, 0.25) is 0 Å². The first-order valence-corrected chi connectivity index (χ1v) is 7.63. The minimum Gasteiger partial charge on any atom is -0.497 e. The maximum absolute atomic E-state index is 12.8. The van der Waals surface area contributed by atoms with E-state index in [9.17, 15) is 9.59 Å². The number of hydrogen-bond acceptors (Lipinski definition) is 5. The predicted octanol–water partition coefficient (Wildman–Crippen LogP) is 1.51. The smallest absolute Gasteiger partial charge is 0.323 e. The Morgan fingerprint density at radius 3 is 2.48 bits per heavy atom. The topological polar surface area (TPSA) is 99.2 Å². The van der Waals surface area contributed by atoms with E-state index in [1.54, 1.807) is 14.2 Å². The van der Waals surface area contributed by atoms with Crippen LogP contribution < -0.4 is 10.3 Å². The molecule has 1 N–H and O–H groups in total. The quantitative estimate of drug-likeness (QED) is 0.771. The number of aryl methyl sites for hydroxylation is 3. The predicted molar refractivity (Wildman–Crippen MR) is 91.9 cm³/mol. The number of benzene rings is 1. The van der Waals surface area contributed by atoms with E-state index in [0.717, 1.165) is 27.0 Å². The molecule has 130 valence electrons.